The third-order valence-electron chi connectivity index (χ3n) is 3.18. The van der Waals surface area contributed by atoms with Crippen LogP contribution < -0.4 is 10.6 Å². The number of amides is 2. The van der Waals surface area contributed by atoms with Crippen molar-refractivity contribution in [3.05, 3.63) is 0 Å². The van der Waals surface area contributed by atoms with Crippen molar-refractivity contribution in [3.8, 4) is 0 Å². The Labute approximate surface area is 116 Å². The molecule has 0 aromatic heterocycles. The van der Waals surface area contributed by atoms with Crippen LogP contribution >= 0.6 is 0 Å². The molecule has 0 bridgehead atoms. The second kappa shape index (κ2) is 5.90. The van der Waals surface area contributed by atoms with Crippen molar-refractivity contribution in [1.82, 2.24) is 15.5 Å². The van der Waals surface area contributed by atoms with Gasteiger partial charge in [0.2, 0.25) is 11.8 Å². The van der Waals surface area contributed by atoms with Gasteiger partial charge in [-0.25, -0.2) is 0 Å². The quantitative estimate of drug-likeness (QED) is 0.552. The second-order valence-electron chi connectivity index (χ2n) is 6.70. The SMILES string of the molecule is CN(C)CCCNC(=O)C1(C(=O)NC(C)(C)C)CC1. The number of carbonyl (C=O) groups is 2. The van der Waals surface area contributed by atoms with Crippen LogP contribution in [-0.4, -0.2) is 49.4 Å². The van der Waals surface area contributed by atoms with Gasteiger partial charge in [0.1, 0.15) is 5.41 Å². The minimum Gasteiger partial charge on any atom is -0.355 e. The van der Waals surface area contributed by atoms with E-state index in [4.69, 9.17) is 0 Å². The van der Waals surface area contributed by atoms with E-state index >= 15 is 0 Å². The fraction of sp³-hybridized carbons (Fsp3) is 0.857. The molecule has 19 heavy (non-hydrogen) atoms. The van der Waals surface area contributed by atoms with Crippen molar-refractivity contribution in [1.29, 1.82) is 0 Å². The molecule has 1 aliphatic rings. The highest BCUT2D eigenvalue weighted by atomic mass is 16.2. The van der Waals surface area contributed by atoms with E-state index in [1.807, 2.05) is 34.9 Å². The van der Waals surface area contributed by atoms with Crippen molar-refractivity contribution < 1.29 is 9.59 Å². The van der Waals surface area contributed by atoms with Crippen LogP contribution in [0.5, 0.6) is 0 Å². The number of hydrogen-bond acceptors (Lipinski definition) is 3. The first-order valence-corrected chi connectivity index (χ1v) is 6.93. The maximum atomic E-state index is 12.1. The Morgan fingerprint density at radius 3 is 2.16 bits per heavy atom. The number of nitrogens with one attached hydrogen (secondary N) is 2. The molecule has 0 radical (unpaired) electrons. The van der Waals surface area contributed by atoms with Crippen LogP contribution in [-0.2, 0) is 9.59 Å². The smallest absolute Gasteiger partial charge is 0.236 e. The predicted molar refractivity (Wildman–Crippen MR) is 75.7 cm³/mol. The monoisotopic (exact) mass is 269 g/mol. The van der Waals surface area contributed by atoms with E-state index in [9.17, 15) is 9.59 Å². The Balaban J connectivity index is 2.41. The molecule has 1 saturated carbocycles. The molecule has 0 aromatic rings. The molecular formula is C14H27N3O2. The zero-order chi connectivity index (χ0) is 14.7. The molecule has 1 fully saturated rings. The molecule has 5 nitrogen and oxygen atoms in total. The van der Waals surface area contributed by atoms with Gasteiger partial charge < -0.3 is 15.5 Å². The van der Waals surface area contributed by atoms with Crippen LogP contribution in [0.15, 0.2) is 0 Å². The lowest BCUT2D eigenvalue weighted by Gasteiger charge is -2.24. The summed E-state index contributed by atoms with van der Waals surface area (Å²) in [4.78, 5) is 26.3. The maximum absolute atomic E-state index is 12.1. The topological polar surface area (TPSA) is 61.4 Å². The lowest BCUT2D eigenvalue weighted by Crippen LogP contribution is -2.49. The Bertz CT molecular complexity index is 341. The third kappa shape index (κ3) is 4.82. The summed E-state index contributed by atoms with van der Waals surface area (Å²) in [5.74, 6) is -0.252. The van der Waals surface area contributed by atoms with Crippen LogP contribution in [0, 0.1) is 5.41 Å². The van der Waals surface area contributed by atoms with Gasteiger partial charge in [0.05, 0.1) is 0 Å². The summed E-state index contributed by atoms with van der Waals surface area (Å²) in [6.07, 6.45) is 2.22. The summed E-state index contributed by atoms with van der Waals surface area (Å²) in [7, 11) is 4.00. The van der Waals surface area contributed by atoms with Crippen LogP contribution in [0.3, 0.4) is 0 Å². The van der Waals surface area contributed by atoms with Crippen LogP contribution in [0.25, 0.3) is 0 Å². The first-order chi connectivity index (χ1) is 8.67. The summed E-state index contributed by atoms with van der Waals surface area (Å²) >= 11 is 0. The molecule has 1 rings (SSSR count). The van der Waals surface area contributed by atoms with Crippen LogP contribution in [0.4, 0.5) is 0 Å². The molecular weight excluding hydrogens is 242 g/mol. The number of hydrogen-bond donors (Lipinski definition) is 2. The zero-order valence-corrected chi connectivity index (χ0v) is 12.8. The highest BCUT2D eigenvalue weighted by Crippen LogP contribution is 2.46. The first kappa shape index (κ1) is 16.0. The summed E-state index contributed by atoms with van der Waals surface area (Å²) < 4.78 is 0. The molecule has 2 N–H and O–H groups in total. The molecule has 1 aliphatic carbocycles. The molecule has 0 heterocycles. The van der Waals surface area contributed by atoms with Gasteiger partial charge in [-0.2, -0.15) is 0 Å². The molecule has 2 amide bonds. The lowest BCUT2D eigenvalue weighted by molar-refractivity contribution is -0.138. The Morgan fingerprint density at radius 1 is 1.16 bits per heavy atom. The van der Waals surface area contributed by atoms with E-state index in [0.29, 0.717) is 19.4 Å². The van der Waals surface area contributed by atoms with Crippen molar-refractivity contribution in [3.63, 3.8) is 0 Å². The van der Waals surface area contributed by atoms with Crippen LogP contribution in [0.1, 0.15) is 40.0 Å². The third-order valence-corrected chi connectivity index (χ3v) is 3.18. The summed E-state index contributed by atoms with van der Waals surface area (Å²) in [5, 5.41) is 5.78. The lowest BCUT2D eigenvalue weighted by atomic mass is 10.0. The highest BCUT2D eigenvalue weighted by molar-refractivity contribution is 6.08. The minimum atomic E-state index is -0.800. The van der Waals surface area contributed by atoms with Crippen molar-refractivity contribution in [2.75, 3.05) is 27.2 Å². The van der Waals surface area contributed by atoms with Crippen molar-refractivity contribution in [2.45, 2.75) is 45.6 Å². The molecule has 0 unspecified atom stereocenters. The zero-order valence-electron chi connectivity index (χ0n) is 12.8. The predicted octanol–water partition coefficient (Wildman–Crippen LogP) is 0.749. The van der Waals surface area contributed by atoms with E-state index in [1.165, 1.54) is 0 Å². The van der Waals surface area contributed by atoms with Crippen LogP contribution in [0.2, 0.25) is 0 Å². The normalized spacial score (nSPS) is 17.2. The van der Waals surface area contributed by atoms with Gasteiger partial charge >= 0.3 is 0 Å². The van der Waals surface area contributed by atoms with Gasteiger partial charge in [-0.15, -0.1) is 0 Å². The molecule has 5 heteroatoms. The minimum absolute atomic E-state index is 0.118. The van der Waals surface area contributed by atoms with Gasteiger partial charge in [-0.1, -0.05) is 0 Å². The second-order valence-corrected chi connectivity index (χ2v) is 6.70. The first-order valence-electron chi connectivity index (χ1n) is 6.93. The number of carbonyl (C=O) groups excluding carboxylic acids is 2. The van der Waals surface area contributed by atoms with Gasteiger partial charge in [-0.05, 0) is 60.7 Å². The Hall–Kier alpha value is -1.10. The molecule has 0 aliphatic heterocycles. The van der Waals surface area contributed by atoms with Crippen molar-refractivity contribution >= 4 is 11.8 Å². The Kier molecular flexibility index (Phi) is 4.96. The van der Waals surface area contributed by atoms with Gasteiger partial charge in [0, 0.05) is 12.1 Å². The molecule has 0 saturated heterocycles. The standard InChI is InChI=1S/C14H27N3O2/c1-13(2,3)16-12(19)14(7-8-14)11(18)15-9-6-10-17(4)5/h6-10H2,1-5H3,(H,15,18)(H,16,19). The average Bonchev–Trinajstić information content (AvgIpc) is 3.02. The van der Waals surface area contributed by atoms with E-state index in [-0.39, 0.29) is 17.4 Å². The van der Waals surface area contributed by atoms with E-state index in [1.54, 1.807) is 0 Å². The van der Waals surface area contributed by atoms with E-state index in [0.717, 1.165) is 13.0 Å². The number of rotatable bonds is 6. The number of nitrogens with zero attached hydrogens (tertiary/aromatic N) is 1. The fourth-order valence-electron chi connectivity index (χ4n) is 1.91. The summed E-state index contributed by atoms with van der Waals surface area (Å²) in [6.45, 7) is 7.34. The molecule has 0 atom stereocenters. The van der Waals surface area contributed by atoms with Gasteiger partial charge in [-0.3, -0.25) is 9.59 Å². The van der Waals surface area contributed by atoms with E-state index in [2.05, 4.69) is 15.5 Å². The summed E-state index contributed by atoms with van der Waals surface area (Å²) in [5.41, 5.74) is -1.09. The van der Waals surface area contributed by atoms with E-state index < -0.39 is 5.41 Å². The fourth-order valence-corrected chi connectivity index (χ4v) is 1.91. The molecule has 0 aromatic carbocycles. The maximum Gasteiger partial charge on any atom is 0.236 e. The summed E-state index contributed by atoms with van der Waals surface area (Å²) in [6, 6.07) is 0. The van der Waals surface area contributed by atoms with Gasteiger partial charge in [0.15, 0.2) is 0 Å². The largest absolute Gasteiger partial charge is 0.355 e. The Morgan fingerprint density at radius 2 is 1.74 bits per heavy atom. The van der Waals surface area contributed by atoms with Gasteiger partial charge in [0.25, 0.3) is 0 Å². The molecule has 0 spiro atoms. The average molecular weight is 269 g/mol. The highest BCUT2D eigenvalue weighted by Gasteiger charge is 2.56. The van der Waals surface area contributed by atoms with Crippen molar-refractivity contribution in [2.24, 2.45) is 5.41 Å². The molecule has 110 valence electrons.